The molecule has 1 amide bonds. The van der Waals surface area contributed by atoms with Crippen molar-refractivity contribution in [3.63, 3.8) is 0 Å². The molecule has 43 heavy (non-hydrogen) atoms. The first-order valence-corrected chi connectivity index (χ1v) is 14.4. The first-order valence-electron chi connectivity index (χ1n) is 13.6. The summed E-state index contributed by atoms with van der Waals surface area (Å²) in [5.74, 6) is -5.21. The summed E-state index contributed by atoms with van der Waals surface area (Å²) < 4.78 is 32.6. The molecule has 0 saturated heterocycles. The SMILES string of the molecule is COc1cc2sc(C(=O)C[C@H](C)C(=O)O)cc2cc1OCCCOc1cc2c(c(F)c1O)CN(C(=O)C[C@H](C)C(=O)O)C2. The van der Waals surface area contributed by atoms with E-state index in [-0.39, 0.29) is 56.2 Å². The van der Waals surface area contributed by atoms with Gasteiger partial charge in [-0.25, -0.2) is 4.39 Å². The van der Waals surface area contributed by atoms with Gasteiger partial charge in [-0.1, -0.05) is 13.8 Å². The molecule has 230 valence electrons. The Balaban J connectivity index is 1.34. The Morgan fingerprint density at radius 2 is 1.58 bits per heavy atom. The average molecular weight is 618 g/mol. The second-order valence-corrected chi connectivity index (χ2v) is 11.5. The summed E-state index contributed by atoms with van der Waals surface area (Å²) >= 11 is 1.25. The van der Waals surface area contributed by atoms with Crippen LogP contribution in [-0.2, 0) is 27.5 Å². The molecule has 2 atom stereocenters. The largest absolute Gasteiger partial charge is 0.502 e. The maximum atomic E-state index is 14.9. The van der Waals surface area contributed by atoms with Crippen molar-refractivity contribution in [2.75, 3.05) is 20.3 Å². The number of aliphatic carboxylic acids is 2. The highest BCUT2D eigenvalue weighted by Crippen LogP contribution is 2.39. The van der Waals surface area contributed by atoms with E-state index in [1.54, 1.807) is 18.2 Å². The highest BCUT2D eigenvalue weighted by Gasteiger charge is 2.31. The van der Waals surface area contributed by atoms with Gasteiger partial charge in [-0.3, -0.25) is 19.2 Å². The molecule has 13 heteroatoms. The van der Waals surface area contributed by atoms with E-state index < -0.39 is 41.2 Å². The maximum Gasteiger partial charge on any atom is 0.306 e. The van der Waals surface area contributed by atoms with Crippen molar-refractivity contribution in [1.29, 1.82) is 0 Å². The van der Waals surface area contributed by atoms with Crippen LogP contribution in [0, 0.1) is 17.7 Å². The third kappa shape index (κ3) is 7.16. The zero-order valence-corrected chi connectivity index (χ0v) is 24.7. The van der Waals surface area contributed by atoms with Gasteiger partial charge < -0.3 is 34.4 Å². The van der Waals surface area contributed by atoms with E-state index in [2.05, 4.69) is 0 Å². The summed E-state index contributed by atoms with van der Waals surface area (Å²) in [5.41, 5.74) is 0.642. The number of hydrogen-bond donors (Lipinski definition) is 3. The van der Waals surface area contributed by atoms with Gasteiger partial charge in [0.2, 0.25) is 5.91 Å². The van der Waals surface area contributed by atoms with Crippen molar-refractivity contribution in [3.05, 3.63) is 46.1 Å². The second kappa shape index (κ2) is 13.3. The van der Waals surface area contributed by atoms with Crippen molar-refractivity contribution in [3.8, 4) is 23.0 Å². The molecule has 0 bridgehead atoms. The molecule has 0 radical (unpaired) electrons. The fraction of sp³-hybridized carbons (Fsp3) is 0.400. The highest BCUT2D eigenvalue weighted by atomic mass is 32.1. The zero-order valence-electron chi connectivity index (χ0n) is 23.8. The van der Waals surface area contributed by atoms with Gasteiger partial charge in [-0.15, -0.1) is 11.3 Å². The van der Waals surface area contributed by atoms with Crippen LogP contribution in [0.15, 0.2) is 24.3 Å². The number of benzene rings is 2. The summed E-state index contributed by atoms with van der Waals surface area (Å²) in [6.45, 7) is 3.18. The highest BCUT2D eigenvalue weighted by molar-refractivity contribution is 7.20. The molecule has 2 aromatic carbocycles. The van der Waals surface area contributed by atoms with E-state index in [4.69, 9.17) is 24.4 Å². The van der Waals surface area contributed by atoms with Crippen LogP contribution in [0.3, 0.4) is 0 Å². The minimum Gasteiger partial charge on any atom is -0.502 e. The lowest BCUT2D eigenvalue weighted by Gasteiger charge is -2.16. The van der Waals surface area contributed by atoms with Gasteiger partial charge in [0.05, 0.1) is 37.0 Å². The molecule has 1 aromatic heterocycles. The van der Waals surface area contributed by atoms with Crippen LogP contribution in [0.25, 0.3) is 10.1 Å². The van der Waals surface area contributed by atoms with Gasteiger partial charge >= 0.3 is 11.9 Å². The van der Waals surface area contributed by atoms with E-state index in [0.29, 0.717) is 28.4 Å². The number of halogens is 1. The Morgan fingerprint density at radius 3 is 2.23 bits per heavy atom. The van der Waals surface area contributed by atoms with Crippen LogP contribution in [0.2, 0.25) is 0 Å². The van der Waals surface area contributed by atoms with Gasteiger partial charge in [0.25, 0.3) is 0 Å². The second-order valence-electron chi connectivity index (χ2n) is 10.4. The normalized spacial score (nSPS) is 13.8. The fourth-order valence-corrected chi connectivity index (χ4v) is 5.60. The number of Topliss-reactive ketones (excluding diaryl/α,β-unsaturated/α-hetero) is 1. The Hall–Kier alpha value is -4.39. The van der Waals surface area contributed by atoms with Gasteiger partial charge in [-0.05, 0) is 29.1 Å². The van der Waals surface area contributed by atoms with E-state index in [9.17, 15) is 28.7 Å². The molecule has 3 aromatic rings. The van der Waals surface area contributed by atoms with Crippen molar-refractivity contribution in [2.45, 2.75) is 46.2 Å². The smallest absolute Gasteiger partial charge is 0.306 e. The lowest BCUT2D eigenvalue weighted by Crippen LogP contribution is -2.28. The number of methoxy groups -OCH3 is 1. The summed E-state index contributed by atoms with van der Waals surface area (Å²) in [5, 5.41) is 29.2. The zero-order chi connectivity index (χ0) is 31.4. The van der Waals surface area contributed by atoms with Crippen LogP contribution >= 0.6 is 11.3 Å². The average Bonchev–Trinajstić information content (AvgIpc) is 3.59. The van der Waals surface area contributed by atoms with Crippen molar-refractivity contribution < 1.29 is 53.1 Å². The molecular formula is C30H32FNO10S. The van der Waals surface area contributed by atoms with Crippen LogP contribution in [0.4, 0.5) is 4.39 Å². The number of ketones is 1. The number of carboxylic acids is 2. The molecule has 3 N–H and O–H groups in total. The van der Waals surface area contributed by atoms with Crippen molar-refractivity contribution >= 4 is 45.1 Å². The standard InChI is InChI=1S/C30H32FNO10S/c1-15(29(36)37)7-20(33)25-11-17-9-22(21(40-3)12-24(17)43-25)41-5-4-6-42-23-10-18-13-32(14-19(18)27(31)28(23)35)26(34)8-16(2)30(38)39/h9-12,15-16,35H,4-8,13-14H2,1-3H3,(H,36,37)(H,38,39)/t15-,16-/m0/s1. The maximum absolute atomic E-state index is 14.9. The third-order valence-corrected chi connectivity index (χ3v) is 8.30. The third-order valence-electron chi connectivity index (χ3n) is 7.16. The van der Waals surface area contributed by atoms with Crippen molar-refractivity contribution in [1.82, 2.24) is 4.90 Å². The molecule has 0 aliphatic carbocycles. The molecule has 0 saturated carbocycles. The topological polar surface area (TPSA) is 160 Å². The monoisotopic (exact) mass is 617 g/mol. The van der Waals surface area contributed by atoms with Gasteiger partial charge in [-0.2, -0.15) is 0 Å². The van der Waals surface area contributed by atoms with Crippen LogP contribution in [0.5, 0.6) is 23.0 Å². The number of aromatic hydroxyl groups is 1. The first-order chi connectivity index (χ1) is 20.4. The van der Waals surface area contributed by atoms with E-state index in [0.717, 1.165) is 10.1 Å². The predicted molar refractivity (Wildman–Crippen MR) is 153 cm³/mol. The molecule has 0 fully saturated rings. The van der Waals surface area contributed by atoms with Gasteiger partial charge in [0.15, 0.2) is 34.6 Å². The molecule has 0 spiro atoms. The quantitative estimate of drug-likeness (QED) is 0.169. The van der Waals surface area contributed by atoms with Crippen LogP contribution < -0.4 is 14.2 Å². The number of thiophene rings is 1. The number of phenolic OH excluding ortho intramolecular Hbond substituents is 1. The van der Waals surface area contributed by atoms with Crippen LogP contribution in [0.1, 0.15) is 53.9 Å². The number of hydrogen-bond acceptors (Lipinski definition) is 9. The Morgan fingerprint density at radius 1 is 0.930 bits per heavy atom. The summed E-state index contributed by atoms with van der Waals surface area (Å²) in [6.07, 6.45) is 0.0437. The number of carboxylic acid groups (broad SMARTS) is 2. The number of carbonyl (C=O) groups excluding carboxylic acids is 2. The van der Waals surface area contributed by atoms with E-state index >= 15 is 0 Å². The number of nitrogens with zero attached hydrogens (tertiary/aromatic N) is 1. The Bertz CT molecular complexity index is 1570. The van der Waals surface area contributed by atoms with E-state index in [1.165, 1.54) is 43.3 Å². The van der Waals surface area contributed by atoms with Gasteiger partial charge in [0.1, 0.15) is 0 Å². The molecule has 4 rings (SSSR count). The minimum absolute atomic E-state index is 0.0680. The fourth-order valence-electron chi connectivity index (χ4n) is 4.58. The first kappa shape index (κ1) is 31.5. The van der Waals surface area contributed by atoms with Gasteiger partial charge in [0, 0.05) is 48.7 Å². The molecule has 2 heterocycles. The number of carbonyl (C=O) groups is 4. The molecular weight excluding hydrogens is 585 g/mol. The van der Waals surface area contributed by atoms with Crippen LogP contribution in [-0.4, -0.2) is 64.2 Å². The number of phenols is 1. The number of rotatable bonds is 14. The summed E-state index contributed by atoms with van der Waals surface area (Å²) in [7, 11) is 1.48. The Kier molecular flexibility index (Phi) is 9.74. The number of amides is 1. The van der Waals surface area contributed by atoms with Crippen molar-refractivity contribution in [2.24, 2.45) is 11.8 Å². The minimum atomic E-state index is -1.09. The lowest BCUT2D eigenvalue weighted by molar-refractivity contribution is -0.145. The van der Waals surface area contributed by atoms with E-state index in [1.807, 2.05) is 0 Å². The number of ether oxygens (including phenoxy) is 3. The number of fused-ring (bicyclic) bond motifs is 2. The predicted octanol–water partition coefficient (Wildman–Crippen LogP) is 4.85. The molecule has 11 nitrogen and oxygen atoms in total. The summed E-state index contributed by atoms with van der Waals surface area (Å²) in [6, 6.07) is 6.64. The Labute approximate surface area is 250 Å². The molecule has 1 aliphatic rings. The molecule has 0 unspecified atom stereocenters. The molecule has 1 aliphatic heterocycles. The summed E-state index contributed by atoms with van der Waals surface area (Å²) in [4.78, 5) is 49.0. The lowest BCUT2D eigenvalue weighted by atomic mass is 10.0.